The minimum Gasteiger partial charge on any atom is -0.508 e. The number of benzene rings is 2. The number of aromatic hydroxyl groups is 1. The fraction of sp³-hybridized carbons (Fsp3) is 0.381. The van der Waals surface area contributed by atoms with E-state index in [0.717, 1.165) is 34.8 Å². The third kappa shape index (κ3) is 6.30. The summed E-state index contributed by atoms with van der Waals surface area (Å²) in [6.07, 6.45) is 4.29. The van der Waals surface area contributed by atoms with Crippen LogP contribution in [-0.4, -0.2) is 30.4 Å². The lowest BCUT2D eigenvalue weighted by Gasteiger charge is -2.11. The molecule has 0 unspecified atom stereocenters. The fourth-order valence-electron chi connectivity index (χ4n) is 2.55. The fourth-order valence-corrected chi connectivity index (χ4v) is 3.62. The molecular formula is C21H27NO3S. The Kier molecular flexibility index (Phi) is 8.35. The monoisotopic (exact) mass is 373 g/mol. The predicted molar refractivity (Wildman–Crippen MR) is 107 cm³/mol. The molecule has 0 fully saturated rings. The maximum absolute atomic E-state index is 12.4. The van der Waals surface area contributed by atoms with Gasteiger partial charge in [-0.15, -0.1) is 11.8 Å². The first-order valence-electron chi connectivity index (χ1n) is 9.01. The third-order valence-electron chi connectivity index (χ3n) is 4.07. The molecule has 1 amide bonds. The van der Waals surface area contributed by atoms with Crippen LogP contribution in [-0.2, 0) is 6.42 Å². The molecular weight excluding hydrogens is 346 g/mol. The number of amides is 1. The van der Waals surface area contributed by atoms with Gasteiger partial charge in [0, 0.05) is 12.1 Å². The number of carbonyl (C=O) groups excluding carboxylic acids is 1. The number of hydrogen-bond acceptors (Lipinski definition) is 4. The first kappa shape index (κ1) is 20.2. The summed E-state index contributed by atoms with van der Waals surface area (Å²) in [6, 6.07) is 12.6. The number of thioether (sulfide) groups is 1. The van der Waals surface area contributed by atoms with E-state index in [0.29, 0.717) is 12.1 Å². The standard InChI is InChI=1S/C21H27NO3S/c1-3-4-5-14-26-20-15-17(8-11-19(20)25-2)21(24)22-13-12-16-6-9-18(23)10-7-16/h6-11,15,23H,3-5,12-14H2,1-2H3,(H,22,24). The maximum Gasteiger partial charge on any atom is 0.251 e. The highest BCUT2D eigenvalue weighted by Crippen LogP contribution is 2.31. The van der Waals surface area contributed by atoms with Crippen LogP contribution in [0.2, 0.25) is 0 Å². The van der Waals surface area contributed by atoms with Gasteiger partial charge in [-0.2, -0.15) is 0 Å². The number of rotatable bonds is 10. The zero-order valence-electron chi connectivity index (χ0n) is 15.5. The molecule has 0 atom stereocenters. The van der Waals surface area contributed by atoms with Crippen molar-refractivity contribution in [2.45, 2.75) is 37.5 Å². The van der Waals surface area contributed by atoms with Gasteiger partial charge in [0.15, 0.2) is 0 Å². The van der Waals surface area contributed by atoms with E-state index < -0.39 is 0 Å². The number of phenols is 1. The third-order valence-corrected chi connectivity index (χ3v) is 5.19. The maximum atomic E-state index is 12.4. The Balaban J connectivity index is 1.91. The van der Waals surface area contributed by atoms with Crippen LogP contribution in [0, 0.1) is 0 Å². The molecule has 0 saturated carbocycles. The van der Waals surface area contributed by atoms with Crippen LogP contribution in [0.3, 0.4) is 0 Å². The minimum atomic E-state index is -0.0816. The molecule has 5 heteroatoms. The quantitative estimate of drug-likeness (QED) is 0.470. The number of unbranched alkanes of at least 4 members (excludes halogenated alkanes) is 2. The number of hydrogen-bond donors (Lipinski definition) is 2. The molecule has 0 radical (unpaired) electrons. The van der Waals surface area contributed by atoms with Crippen molar-refractivity contribution in [3.63, 3.8) is 0 Å². The average molecular weight is 374 g/mol. The molecule has 0 bridgehead atoms. The molecule has 2 aromatic carbocycles. The molecule has 0 aromatic heterocycles. The number of methoxy groups -OCH3 is 1. The van der Waals surface area contributed by atoms with E-state index in [1.165, 1.54) is 12.8 Å². The van der Waals surface area contributed by atoms with Crippen LogP contribution >= 0.6 is 11.8 Å². The Labute approximate surface area is 160 Å². The second kappa shape index (κ2) is 10.8. The predicted octanol–water partition coefficient (Wildman–Crippen LogP) is 4.66. The first-order valence-corrected chi connectivity index (χ1v) is 9.99. The summed E-state index contributed by atoms with van der Waals surface area (Å²) in [5.41, 5.74) is 1.72. The van der Waals surface area contributed by atoms with E-state index in [1.807, 2.05) is 24.3 Å². The lowest BCUT2D eigenvalue weighted by molar-refractivity contribution is 0.0954. The summed E-state index contributed by atoms with van der Waals surface area (Å²) in [4.78, 5) is 13.4. The minimum absolute atomic E-state index is 0.0816. The van der Waals surface area contributed by atoms with Crippen molar-refractivity contribution in [1.82, 2.24) is 5.32 Å². The van der Waals surface area contributed by atoms with Gasteiger partial charge in [-0.25, -0.2) is 0 Å². The van der Waals surface area contributed by atoms with Gasteiger partial charge in [-0.1, -0.05) is 31.9 Å². The van der Waals surface area contributed by atoms with E-state index in [4.69, 9.17) is 4.74 Å². The van der Waals surface area contributed by atoms with Crippen LogP contribution in [0.15, 0.2) is 47.4 Å². The lowest BCUT2D eigenvalue weighted by atomic mass is 10.1. The SMILES string of the molecule is CCCCCSc1cc(C(=O)NCCc2ccc(O)cc2)ccc1OC. The molecule has 0 aliphatic heterocycles. The average Bonchev–Trinajstić information content (AvgIpc) is 2.66. The lowest BCUT2D eigenvalue weighted by Crippen LogP contribution is -2.25. The molecule has 0 saturated heterocycles. The largest absolute Gasteiger partial charge is 0.508 e. The first-order chi connectivity index (χ1) is 12.6. The van der Waals surface area contributed by atoms with Crippen LogP contribution in [0.1, 0.15) is 42.1 Å². The molecule has 2 N–H and O–H groups in total. The number of phenolic OH excluding ortho intramolecular Hbond substituents is 1. The van der Waals surface area contributed by atoms with E-state index in [9.17, 15) is 9.90 Å². The van der Waals surface area contributed by atoms with Crippen molar-refractivity contribution in [3.05, 3.63) is 53.6 Å². The second-order valence-electron chi connectivity index (χ2n) is 6.09. The summed E-state index contributed by atoms with van der Waals surface area (Å²) in [5, 5.41) is 12.2. The van der Waals surface area contributed by atoms with Gasteiger partial charge < -0.3 is 15.2 Å². The van der Waals surface area contributed by atoms with Crippen LogP contribution < -0.4 is 10.1 Å². The smallest absolute Gasteiger partial charge is 0.251 e. The van der Waals surface area contributed by atoms with Gasteiger partial charge in [-0.05, 0) is 54.5 Å². The van der Waals surface area contributed by atoms with Crippen molar-refractivity contribution in [3.8, 4) is 11.5 Å². The molecule has 0 heterocycles. The summed E-state index contributed by atoms with van der Waals surface area (Å²) in [5.74, 6) is 2.00. The molecule has 140 valence electrons. The van der Waals surface area contributed by atoms with Gasteiger partial charge in [-0.3, -0.25) is 4.79 Å². The topological polar surface area (TPSA) is 58.6 Å². The van der Waals surface area contributed by atoms with E-state index >= 15 is 0 Å². The molecule has 26 heavy (non-hydrogen) atoms. The van der Waals surface area contributed by atoms with E-state index in [1.54, 1.807) is 37.1 Å². The highest BCUT2D eigenvalue weighted by Gasteiger charge is 2.10. The van der Waals surface area contributed by atoms with Crippen molar-refractivity contribution in [2.75, 3.05) is 19.4 Å². The van der Waals surface area contributed by atoms with Gasteiger partial charge in [0.2, 0.25) is 0 Å². The van der Waals surface area contributed by atoms with Gasteiger partial charge >= 0.3 is 0 Å². The van der Waals surface area contributed by atoms with Crippen molar-refractivity contribution in [2.24, 2.45) is 0 Å². The molecule has 4 nitrogen and oxygen atoms in total. The Morgan fingerprint density at radius 3 is 2.62 bits per heavy atom. The van der Waals surface area contributed by atoms with Crippen LogP contribution in [0.5, 0.6) is 11.5 Å². The summed E-state index contributed by atoms with van der Waals surface area (Å²) < 4.78 is 5.41. The summed E-state index contributed by atoms with van der Waals surface area (Å²) in [7, 11) is 1.66. The molecule has 0 spiro atoms. The van der Waals surface area contributed by atoms with Crippen molar-refractivity contribution in [1.29, 1.82) is 0 Å². The zero-order chi connectivity index (χ0) is 18.8. The Hall–Kier alpha value is -2.14. The van der Waals surface area contributed by atoms with E-state index in [2.05, 4.69) is 12.2 Å². The van der Waals surface area contributed by atoms with Crippen molar-refractivity contribution < 1.29 is 14.6 Å². The number of ether oxygens (including phenoxy) is 1. The zero-order valence-corrected chi connectivity index (χ0v) is 16.3. The number of nitrogens with one attached hydrogen (secondary N) is 1. The highest BCUT2D eigenvalue weighted by atomic mass is 32.2. The van der Waals surface area contributed by atoms with Gasteiger partial charge in [0.05, 0.1) is 12.0 Å². The molecule has 0 aliphatic carbocycles. The summed E-state index contributed by atoms with van der Waals surface area (Å²) >= 11 is 1.74. The summed E-state index contributed by atoms with van der Waals surface area (Å²) in [6.45, 7) is 2.74. The molecule has 2 aromatic rings. The Morgan fingerprint density at radius 1 is 1.15 bits per heavy atom. The van der Waals surface area contributed by atoms with Crippen LogP contribution in [0.25, 0.3) is 0 Å². The highest BCUT2D eigenvalue weighted by molar-refractivity contribution is 7.99. The van der Waals surface area contributed by atoms with Crippen molar-refractivity contribution >= 4 is 17.7 Å². The second-order valence-corrected chi connectivity index (χ2v) is 7.23. The Bertz CT molecular complexity index is 701. The number of carbonyl (C=O) groups is 1. The molecule has 0 aliphatic rings. The van der Waals surface area contributed by atoms with E-state index in [-0.39, 0.29) is 11.7 Å². The van der Waals surface area contributed by atoms with Gasteiger partial charge in [0.25, 0.3) is 5.91 Å². The van der Waals surface area contributed by atoms with Gasteiger partial charge in [0.1, 0.15) is 11.5 Å². The normalized spacial score (nSPS) is 10.5. The van der Waals surface area contributed by atoms with Crippen LogP contribution in [0.4, 0.5) is 0 Å². The Morgan fingerprint density at radius 2 is 1.92 bits per heavy atom. The molecule has 2 rings (SSSR count).